The summed E-state index contributed by atoms with van der Waals surface area (Å²) in [4.78, 5) is 2.22. The molecule has 0 bridgehead atoms. The first-order valence-electron chi connectivity index (χ1n) is 5.85. The lowest BCUT2D eigenvalue weighted by molar-refractivity contribution is 0.403. The van der Waals surface area contributed by atoms with Gasteiger partial charge in [-0.25, -0.2) is 0 Å². The van der Waals surface area contributed by atoms with Crippen LogP contribution in [-0.2, 0) is 13.1 Å². The van der Waals surface area contributed by atoms with Crippen molar-refractivity contribution in [3.05, 3.63) is 35.5 Å². The maximum Gasteiger partial charge on any atom is 0.0486 e. The van der Waals surface area contributed by atoms with Crippen molar-refractivity contribution < 1.29 is 0 Å². The minimum atomic E-state index is 1.01. The van der Waals surface area contributed by atoms with Gasteiger partial charge in [-0.15, -0.1) is 0 Å². The lowest BCUT2D eigenvalue weighted by Gasteiger charge is -2.07. The van der Waals surface area contributed by atoms with Crippen LogP contribution in [0.5, 0.6) is 0 Å². The highest BCUT2D eigenvalue weighted by molar-refractivity contribution is 5.84. The average molecular weight is 216 g/mol. The molecule has 0 amide bonds. The van der Waals surface area contributed by atoms with E-state index in [1.54, 1.807) is 0 Å². The normalized spacial score (nSPS) is 11.6. The smallest absolute Gasteiger partial charge is 0.0486 e. The summed E-state index contributed by atoms with van der Waals surface area (Å²) in [6.45, 7) is 6.39. The highest BCUT2D eigenvalue weighted by Crippen LogP contribution is 2.23. The molecule has 0 aliphatic carbocycles. The van der Waals surface area contributed by atoms with Gasteiger partial charge in [-0.1, -0.05) is 12.1 Å². The van der Waals surface area contributed by atoms with Crippen LogP contribution in [0.25, 0.3) is 10.9 Å². The van der Waals surface area contributed by atoms with Crippen LogP contribution in [-0.4, -0.2) is 23.6 Å². The first kappa shape index (κ1) is 11.2. The van der Waals surface area contributed by atoms with Gasteiger partial charge in [0.2, 0.25) is 0 Å². The van der Waals surface area contributed by atoms with Gasteiger partial charge in [0, 0.05) is 30.2 Å². The summed E-state index contributed by atoms with van der Waals surface area (Å²) in [5, 5.41) is 1.39. The van der Waals surface area contributed by atoms with Crippen molar-refractivity contribution in [3.8, 4) is 0 Å². The van der Waals surface area contributed by atoms with Crippen LogP contribution in [0.2, 0.25) is 0 Å². The fourth-order valence-corrected chi connectivity index (χ4v) is 2.21. The number of aromatic nitrogens is 1. The van der Waals surface area contributed by atoms with Gasteiger partial charge in [0.25, 0.3) is 0 Å². The largest absolute Gasteiger partial charge is 0.347 e. The standard InChI is InChI=1S/C14H20N2/c1-5-16-10-12(9-15(3)4)13-7-6-11(2)8-14(13)16/h6-8,10H,5,9H2,1-4H3. The van der Waals surface area contributed by atoms with Gasteiger partial charge in [0.05, 0.1) is 0 Å². The Morgan fingerprint density at radius 1 is 1.25 bits per heavy atom. The Kier molecular flexibility index (Phi) is 3.01. The molecule has 16 heavy (non-hydrogen) atoms. The zero-order chi connectivity index (χ0) is 11.7. The molecule has 0 saturated carbocycles. The number of nitrogens with zero attached hydrogens (tertiary/aromatic N) is 2. The fourth-order valence-electron chi connectivity index (χ4n) is 2.21. The molecule has 1 aromatic carbocycles. The topological polar surface area (TPSA) is 8.17 Å². The second-order valence-electron chi connectivity index (χ2n) is 4.70. The summed E-state index contributed by atoms with van der Waals surface area (Å²) in [5.41, 5.74) is 4.11. The van der Waals surface area contributed by atoms with Crippen LogP contribution in [0.4, 0.5) is 0 Å². The fraction of sp³-hybridized carbons (Fsp3) is 0.429. The average Bonchev–Trinajstić information content (AvgIpc) is 2.55. The molecule has 0 aliphatic rings. The third kappa shape index (κ3) is 1.98. The maximum absolute atomic E-state index is 2.33. The number of rotatable bonds is 3. The molecule has 0 N–H and O–H groups in total. The molecule has 2 rings (SSSR count). The van der Waals surface area contributed by atoms with E-state index in [1.807, 2.05) is 0 Å². The van der Waals surface area contributed by atoms with Gasteiger partial charge >= 0.3 is 0 Å². The minimum absolute atomic E-state index is 1.01. The minimum Gasteiger partial charge on any atom is -0.347 e. The third-order valence-corrected chi connectivity index (χ3v) is 2.95. The Labute approximate surface area is 97.5 Å². The van der Waals surface area contributed by atoms with Crippen LogP contribution >= 0.6 is 0 Å². The summed E-state index contributed by atoms with van der Waals surface area (Å²) in [6, 6.07) is 6.72. The van der Waals surface area contributed by atoms with Crippen LogP contribution in [0, 0.1) is 6.92 Å². The van der Waals surface area contributed by atoms with Crippen molar-refractivity contribution in [3.63, 3.8) is 0 Å². The molecular weight excluding hydrogens is 196 g/mol. The van der Waals surface area contributed by atoms with E-state index in [9.17, 15) is 0 Å². The zero-order valence-electron chi connectivity index (χ0n) is 10.6. The first-order valence-corrected chi connectivity index (χ1v) is 5.85. The predicted molar refractivity (Wildman–Crippen MR) is 69.7 cm³/mol. The lowest BCUT2D eigenvalue weighted by atomic mass is 10.1. The zero-order valence-corrected chi connectivity index (χ0v) is 10.6. The maximum atomic E-state index is 2.33. The molecule has 2 nitrogen and oxygen atoms in total. The molecule has 0 unspecified atom stereocenters. The van der Waals surface area contributed by atoms with E-state index in [2.05, 4.69) is 61.8 Å². The highest BCUT2D eigenvalue weighted by atomic mass is 15.1. The molecular formula is C14H20N2. The van der Waals surface area contributed by atoms with E-state index in [0.717, 1.165) is 13.1 Å². The molecule has 0 aliphatic heterocycles. The van der Waals surface area contributed by atoms with Crippen molar-refractivity contribution in [2.75, 3.05) is 14.1 Å². The quantitative estimate of drug-likeness (QED) is 0.765. The first-order chi connectivity index (χ1) is 7.61. The molecule has 86 valence electrons. The van der Waals surface area contributed by atoms with Gasteiger partial charge < -0.3 is 9.47 Å². The van der Waals surface area contributed by atoms with Crippen LogP contribution in [0.1, 0.15) is 18.1 Å². The molecule has 0 spiro atoms. The summed E-state index contributed by atoms with van der Waals surface area (Å²) in [6.07, 6.45) is 2.28. The number of hydrogen-bond acceptors (Lipinski definition) is 1. The van der Waals surface area contributed by atoms with Gasteiger partial charge in [-0.3, -0.25) is 0 Å². The van der Waals surface area contributed by atoms with Crippen LogP contribution < -0.4 is 0 Å². The van der Waals surface area contributed by atoms with Crippen LogP contribution in [0.15, 0.2) is 24.4 Å². The van der Waals surface area contributed by atoms with Gasteiger partial charge in [0.15, 0.2) is 0 Å². The Morgan fingerprint density at radius 2 is 2.00 bits per heavy atom. The summed E-state index contributed by atoms with van der Waals surface area (Å²) in [7, 11) is 4.23. The Hall–Kier alpha value is -1.28. The Balaban J connectivity index is 2.58. The Morgan fingerprint density at radius 3 is 2.62 bits per heavy atom. The number of aryl methyl sites for hydroxylation is 2. The number of hydrogen-bond donors (Lipinski definition) is 0. The molecule has 0 atom stereocenters. The van der Waals surface area contributed by atoms with Crippen molar-refractivity contribution >= 4 is 10.9 Å². The summed E-state index contributed by atoms with van der Waals surface area (Å²) < 4.78 is 2.33. The molecule has 0 fully saturated rings. The molecule has 0 radical (unpaired) electrons. The summed E-state index contributed by atoms with van der Waals surface area (Å²) >= 11 is 0. The van der Waals surface area contributed by atoms with Crippen molar-refractivity contribution in [2.24, 2.45) is 0 Å². The van der Waals surface area contributed by atoms with Crippen LogP contribution in [0.3, 0.4) is 0 Å². The van der Waals surface area contributed by atoms with Crippen molar-refractivity contribution in [1.29, 1.82) is 0 Å². The Bertz CT molecular complexity index is 495. The lowest BCUT2D eigenvalue weighted by Crippen LogP contribution is -2.10. The number of fused-ring (bicyclic) bond motifs is 1. The molecule has 1 aromatic heterocycles. The second kappa shape index (κ2) is 4.30. The van der Waals surface area contributed by atoms with E-state index >= 15 is 0 Å². The van der Waals surface area contributed by atoms with Gasteiger partial charge in [-0.2, -0.15) is 0 Å². The number of benzene rings is 1. The van der Waals surface area contributed by atoms with Crippen molar-refractivity contribution in [2.45, 2.75) is 26.9 Å². The van der Waals surface area contributed by atoms with E-state index in [-0.39, 0.29) is 0 Å². The van der Waals surface area contributed by atoms with Gasteiger partial charge in [0.1, 0.15) is 0 Å². The molecule has 2 aromatic rings. The predicted octanol–water partition coefficient (Wildman–Crippen LogP) is 3.03. The summed E-state index contributed by atoms with van der Waals surface area (Å²) in [5.74, 6) is 0. The van der Waals surface area contributed by atoms with E-state index < -0.39 is 0 Å². The van der Waals surface area contributed by atoms with Gasteiger partial charge in [-0.05, 0) is 45.1 Å². The second-order valence-corrected chi connectivity index (χ2v) is 4.70. The van der Waals surface area contributed by atoms with E-state index in [4.69, 9.17) is 0 Å². The molecule has 0 saturated heterocycles. The van der Waals surface area contributed by atoms with E-state index in [1.165, 1.54) is 22.0 Å². The molecule has 1 heterocycles. The SMILES string of the molecule is CCn1cc(CN(C)C)c2ccc(C)cc21. The molecule has 2 heteroatoms. The van der Waals surface area contributed by atoms with Crippen molar-refractivity contribution in [1.82, 2.24) is 9.47 Å². The monoisotopic (exact) mass is 216 g/mol. The highest BCUT2D eigenvalue weighted by Gasteiger charge is 2.08. The van der Waals surface area contributed by atoms with E-state index in [0.29, 0.717) is 0 Å². The third-order valence-electron chi connectivity index (χ3n) is 2.95.